The van der Waals surface area contributed by atoms with Crippen molar-refractivity contribution in [2.45, 2.75) is 18.6 Å². The number of amides is 1. The average molecular weight is 258 g/mol. The van der Waals surface area contributed by atoms with Gasteiger partial charge in [0.1, 0.15) is 13.2 Å². The highest BCUT2D eigenvalue weighted by Gasteiger charge is 2.27. The standard InChI is InChI=1S/C9H17F3N2O3/c1-16-3-2-7(4-13)14-8(15)5-17-6-9(10,11)12/h7H,2-6,13H2,1H3,(H,14,15). The van der Waals surface area contributed by atoms with Crippen molar-refractivity contribution in [1.82, 2.24) is 5.32 Å². The second kappa shape index (κ2) is 8.26. The lowest BCUT2D eigenvalue weighted by Gasteiger charge is -2.16. The summed E-state index contributed by atoms with van der Waals surface area (Å²) in [6.07, 6.45) is -3.93. The number of alkyl halides is 3. The van der Waals surface area contributed by atoms with Crippen LogP contribution < -0.4 is 11.1 Å². The predicted molar refractivity (Wildman–Crippen MR) is 54.4 cm³/mol. The maximum atomic E-state index is 11.7. The Bertz CT molecular complexity index is 224. The van der Waals surface area contributed by atoms with E-state index in [1.54, 1.807) is 0 Å². The molecule has 3 N–H and O–H groups in total. The largest absolute Gasteiger partial charge is 0.411 e. The lowest BCUT2D eigenvalue weighted by atomic mass is 10.2. The molecule has 0 aliphatic carbocycles. The number of nitrogens with one attached hydrogen (secondary N) is 1. The van der Waals surface area contributed by atoms with Crippen LogP contribution in [0.25, 0.3) is 0 Å². The predicted octanol–water partition coefficient (Wildman–Crippen LogP) is 0.0453. The van der Waals surface area contributed by atoms with Crippen molar-refractivity contribution in [2.24, 2.45) is 5.73 Å². The molecule has 0 saturated heterocycles. The first-order chi connectivity index (χ1) is 7.89. The molecule has 0 aromatic heterocycles. The number of rotatable bonds is 8. The van der Waals surface area contributed by atoms with Crippen LogP contribution in [0.1, 0.15) is 6.42 Å². The molecule has 0 aliphatic heterocycles. The van der Waals surface area contributed by atoms with Gasteiger partial charge in [0, 0.05) is 26.3 Å². The zero-order valence-corrected chi connectivity index (χ0v) is 9.55. The Hall–Kier alpha value is -0.860. The van der Waals surface area contributed by atoms with Crippen LogP contribution in [0.5, 0.6) is 0 Å². The molecule has 0 rings (SSSR count). The van der Waals surface area contributed by atoms with E-state index in [0.717, 1.165) is 0 Å². The Balaban J connectivity index is 3.75. The van der Waals surface area contributed by atoms with Crippen LogP contribution in [-0.4, -0.2) is 51.6 Å². The molecule has 8 heteroatoms. The highest BCUT2D eigenvalue weighted by atomic mass is 19.4. The molecule has 0 aromatic rings. The summed E-state index contributed by atoms with van der Waals surface area (Å²) >= 11 is 0. The summed E-state index contributed by atoms with van der Waals surface area (Å²) in [5.74, 6) is -0.624. The second-order valence-corrected chi connectivity index (χ2v) is 3.39. The summed E-state index contributed by atoms with van der Waals surface area (Å²) in [5.41, 5.74) is 5.37. The van der Waals surface area contributed by atoms with Gasteiger partial charge in [-0.15, -0.1) is 0 Å². The van der Waals surface area contributed by atoms with Gasteiger partial charge in [0.25, 0.3) is 0 Å². The van der Waals surface area contributed by atoms with Gasteiger partial charge in [-0.3, -0.25) is 4.79 Å². The fourth-order valence-corrected chi connectivity index (χ4v) is 1.04. The van der Waals surface area contributed by atoms with Gasteiger partial charge < -0.3 is 20.5 Å². The summed E-state index contributed by atoms with van der Waals surface area (Å²) in [4.78, 5) is 11.2. The molecule has 1 atom stereocenters. The Kier molecular flexibility index (Phi) is 7.85. The third-order valence-corrected chi connectivity index (χ3v) is 1.82. The molecule has 0 fully saturated rings. The SMILES string of the molecule is COCCC(CN)NC(=O)COCC(F)(F)F. The van der Waals surface area contributed by atoms with E-state index in [9.17, 15) is 18.0 Å². The minimum atomic E-state index is -4.43. The van der Waals surface area contributed by atoms with E-state index in [0.29, 0.717) is 13.0 Å². The van der Waals surface area contributed by atoms with Gasteiger partial charge in [-0.05, 0) is 6.42 Å². The van der Waals surface area contributed by atoms with Crippen LogP contribution in [0.3, 0.4) is 0 Å². The Morgan fingerprint density at radius 3 is 2.59 bits per heavy atom. The summed E-state index contributed by atoms with van der Waals surface area (Å²) < 4.78 is 44.1. The molecule has 0 bridgehead atoms. The van der Waals surface area contributed by atoms with Crippen molar-refractivity contribution in [1.29, 1.82) is 0 Å². The third kappa shape index (κ3) is 10.0. The van der Waals surface area contributed by atoms with E-state index in [-0.39, 0.29) is 12.6 Å². The monoisotopic (exact) mass is 258 g/mol. The Labute approximate surface area is 97.4 Å². The smallest absolute Gasteiger partial charge is 0.385 e. The van der Waals surface area contributed by atoms with Gasteiger partial charge >= 0.3 is 6.18 Å². The maximum Gasteiger partial charge on any atom is 0.411 e. The number of ether oxygens (including phenoxy) is 2. The van der Waals surface area contributed by atoms with Crippen molar-refractivity contribution in [3.8, 4) is 0 Å². The average Bonchev–Trinajstić information content (AvgIpc) is 2.22. The molecule has 0 radical (unpaired) electrons. The van der Waals surface area contributed by atoms with E-state index in [1.807, 2.05) is 0 Å². The third-order valence-electron chi connectivity index (χ3n) is 1.82. The molecule has 0 aliphatic rings. The molecular formula is C9H17F3N2O3. The Morgan fingerprint density at radius 1 is 1.47 bits per heavy atom. The molecule has 102 valence electrons. The van der Waals surface area contributed by atoms with Crippen LogP contribution in [0, 0.1) is 0 Å². The molecule has 0 heterocycles. The van der Waals surface area contributed by atoms with Crippen molar-refractivity contribution in [2.75, 3.05) is 33.5 Å². The molecule has 0 saturated carbocycles. The van der Waals surface area contributed by atoms with E-state index >= 15 is 0 Å². The first kappa shape index (κ1) is 16.1. The summed E-state index contributed by atoms with van der Waals surface area (Å²) in [7, 11) is 1.50. The van der Waals surface area contributed by atoms with Gasteiger partial charge in [-0.1, -0.05) is 0 Å². The lowest BCUT2D eigenvalue weighted by Crippen LogP contribution is -2.42. The molecular weight excluding hydrogens is 241 g/mol. The van der Waals surface area contributed by atoms with E-state index in [2.05, 4.69) is 10.1 Å². The van der Waals surface area contributed by atoms with Gasteiger partial charge in [0.2, 0.25) is 5.91 Å². The second-order valence-electron chi connectivity index (χ2n) is 3.39. The first-order valence-corrected chi connectivity index (χ1v) is 5.02. The number of carbonyl (C=O) groups is 1. The normalized spacial score (nSPS) is 13.5. The van der Waals surface area contributed by atoms with E-state index < -0.39 is 25.3 Å². The Morgan fingerprint density at radius 2 is 2.12 bits per heavy atom. The molecule has 17 heavy (non-hydrogen) atoms. The van der Waals surface area contributed by atoms with Crippen LogP contribution >= 0.6 is 0 Å². The number of methoxy groups -OCH3 is 1. The number of hydrogen-bond acceptors (Lipinski definition) is 4. The quantitative estimate of drug-likeness (QED) is 0.645. The zero-order valence-electron chi connectivity index (χ0n) is 9.55. The van der Waals surface area contributed by atoms with Crippen molar-refractivity contribution in [3.05, 3.63) is 0 Å². The van der Waals surface area contributed by atoms with Crippen LogP contribution in [0.15, 0.2) is 0 Å². The lowest BCUT2D eigenvalue weighted by molar-refractivity contribution is -0.175. The zero-order chi connectivity index (χ0) is 13.3. The van der Waals surface area contributed by atoms with Gasteiger partial charge in [0.15, 0.2) is 0 Å². The van der Waals surface area contributed by atoms with Gasteiger partial charge in [-0.2, -0.15) is 13.2 Å². The summed E-state index contributed by atoms with van der Waals surface area (Å²) in [6, 6.07) is -0.322. The molecule has 0 spiro atoms. The van der Waals surface area contributed by atoms with Crippen molar-refractivity contribution >= 4 is 5.91 Å². The van der Waals surface area contributed by atoms with E-state index in [4.69, 9.17) is 10.5 Å². The van der Waals surface area contributed by atoms with Crippen molar-refractivity contribution in [3.63, 3.8) is 0 Å². The van der Waals surface area contributed by atoms with Crippen LogP contribution in [0.4, 0.5) is 13.2 Å². The van der Waals surface area contributed by atoms with Crippen LogP contribution in [-0.2, 0) is 14.3 Å². The summed E-state index contributed by atoms with van der Waals surface area (Å²) in [6.45, 7) is -1.48. The first-order valence-electron chi connectivity index (χ1n) is 5.02. The molecule has 1 amide bonds. The highest BCUT2D eigenvalue weighted by Crippen LogP contribution is 2.14. The van der Waals surface area contributed by atoms with Crippen molar-refractivity contribution < 1.29 is 27.4 Å². The maximum absolute atomic E-state index is 11.7. The van der Waals surface area contributed by atoms with E-state index in [1.165, 1.54) is 7.11 Å². The minimum absolute atomic E-state index is 0.189. The van der Waals surface area contributed by atoms with Gasteiger partial charge in [-0.25, -0.2) is 0 Å². The topological polar surface area (TPSA) is 73.6 Å². The number of carbonyl (C=O) groups excluding carboxylic acids is 1. The number of hydrogen-bond donors (Lipinski definition) is 2. The van der Waals surface area contributed by atoms with Crippen LogP contribution in [0.2, 0.25) is 0 Å². The molecule has 1 unspecified atom stereocenters. The highest BCUT2D eigenvalue weighted by molar-refractivity contribution is 5.77. The number of halogens is 3. The fraction of sp³-hybridized carbons (Fsp3) is 0.889. The number of nitrogens with two attached hydrogens (primary N) is 1. The fourth-order valence-electron chi connectivity index (χ4n) is 1.04. The summed E-state index contributed by atoms with van der Waals surface area (Å²) in [5, 5.41) is 2.45. The minimum Gasteiger partial charge on any atom is -0.385 e. The van der Waals surface area contributed by atoms with Gasteiger partial charge in [0.05, 0.1) is 0 Å². The molecule has 0 aromatic carbocycles. The molecule has 5 nitrogen and oxygen atoms in total.